The highest BCUT2D eigenvalue weighted by atomic mass is 16.6. The quantitative estimate of drug-likeness (QED) is 0.839. The summed E-state index contributed by atoms with van der Waals surface area (Å²) in [5.41, 5.74) is -0.116. The maximum absolute atomic E-state index is 12.1. The van der Waals surface area contributed by atoms with Gasteiger partial charge in [0.05, 0.1) is 0 Å². The molecule has 1 amide bonds. The second-order valence-electron chi connectivity index (χ2n) is 7.85. The zero-order valence-corrected chi connectivity index (χ0v) is 14.8. The van der Waals surface area contributed by atoms with Crippen molar-refractivity contribution in [1.29, 1.82) is 0 Å². The number of amides is 1. The molecule has 1 fully saturated rings. The predicted octanol–water partition coefficient (Wildman–Crippen LogP) is 3.80. The number of nitrogens with one attached hydrogen (secondary N) is 1. The zero-order valence-electron chi connectivity index (χ0n) is 14.8. The summed E-state index contributed by atoms with van der Waals surface area (Å²) in [6.45, 7) is 15.2. The molecule has 1 atom stereocenters. The van der Waals surface area contributed by atoms with Gasteiger partial charge >= 0.3 is 6.09 Å². The Labute approximate surface area is 130 Å². The van der Waals surface area contributed by atoms with Gasteiger partial charge in [-0.25, -0.2) is 4.79 Å². The number of hydrogen-bond acceptors (Lipinski definition) is 3. The average Bonchev–Trinajstić information content (AvgIpc) is 2.36. The molecule has 4 nitrogen and oxygen atoms in total. The molecule has 0 aromatic rings. The van der Waals surface area contributed by atoms with Crippen LogP contribution in [0.4, 0.5) is 4.79 Å². The highest BCUT2D eigenvalue weighted by Gasteiger charge is 2.33. The molecular formula is C17H34N2O2. The van der Waals surface area contributed by atoms with Crippen LogP contribution in [0.25, 0.3) is 0 Å². The number of rotatable bonds is 5. The van der Waals surface area contributed by atoms with Crippen LogP contribution in [0.5, 0.6) is 0 Å². The van der Waals surface area contributed by atoms with Crippen molar-refractivity contribution in [3.63, 3.8) is 0 Å². The molecule has 0 bridgehead atoms. The first-order valence-electron chi connectivity index (χ1n) is 8.36. The fourth-order valence-electron chi connectivity index (χ4n) is 2.69. The molecule has 1 N–H and O–H groups in total. The van der Waals surface area contributed by atoms with Gasteiger partial charge in [0.25, 0.3) is 0 Å². The third-order valence-electron chi connectivity index (χ3n) is 4.22. The van der Waals surface area contributed by atoms with Gasteiger partial charge in [0.15, 0.2) is 0 Å². The van der Waals surface area contributed by atoms with Gasteiger partial charge in [-0.1, -0.05) is 20.3 Å². The van der Waals surface area contributed by atoms with E-state index in [1.54, 1.807) is 0 Å². The summed E-state index contributed by atoms with van der Waals surface area (Å²) in [4.78, 5) is 13.9. The number of nitrogens with zero attached hydrogens (tertiary/aromatic N) is 1. The largest absolute Gasteiger partial charge is 0.444 e. The Hall–Kier alpha value is -0.770. The molecule has 0 aliphatic carbocycles. The third kappa shape index (κ3) is 6.68. The molecule has 1 rings (SSSR count). The molecule has 1 saturated heterocycles. The van der Waals surface area contributed by atoms with Crippen molar-refractivity contribution in [2.24, 2.45) is 5.41 Å². The van der Waals surface area contributed by atoms with Crippen molar-refractivity contribution < 1.29 is 9.53 Å². The van der Waals surface area contributed by atoms with Crippen molar-refractivity contribution in [3.8, 4) is 0 Å². The van der Waals surface area contributed by atoms with E-state index in [4.69, 9.17) is 4.74 Å². The Bertz CT molecular complexity index is 328. The summed E-state index contributed by atoms with van der Waals surface area (Å²) in [5.74, 6) is 0. The molecule has 0 aromatic heterocycles. The number of likely N-dealkylation sites (tertiary alicyclic amines) is 1. The molecular weight excluding hydrogens is 264 g/mol. The SMILES string of the molecule is CCCC(C)NCC1(C)CCN(C(=O)OC(C)(C)C)CC1. The monoisotopic (exact) mass is 298 g/mol. The maximum atomic E-state index is 12.1. The smallest absolute Gasteiger partial charge is 0.410 e. The highest BCUT2D eigenvalue weighted by molar-refractivity contribution is 5.68. The molecule has 124 valence electrons. The fourth-order valence-corrected chi connectivity index (χ4v) is 2.69. The highest BCUT2D eigenvalue weighted by Crippen LogP contribution is 2.31. The molecule has 1 unspecified atom stereocenters. The summed E-state index contributed by atoms with van der Waals surface area (Å²) in [5, 5.41) is 3.64. The zero-order chi connectivity index (χ0) is 16.1. The van der Waals surface area contributed by atoms with Gasteiger partial charge in [-0.3, -0.25) is 0 Å². The van der Waals surface area contributed by atoms with Crippen LogP contribution in [-0.2, 0) is 4.74 Å². The van der Waals surface area contributed by atoms with Crippen molar-refractivity contribution >= 4 is 6.09 Å². The average molecular weight is 298 g/mol. The number of piperidine rings is 1. The molecule has 4 heteroatoms. The molecule has 0 radical (unpaired) electrons. The van der Waals surface area contributed by atoms with Crippen LogP contribution in [0.15, 0.2) is 0 Å². The van der Waals surface area contributed by atoms with E-state index in [1.807, 2.05) is 25.7 Å². The van der Waals surface area contributed by atoms with Crippen molar-refractivity contribution in [1.82, 2.24) is 10.2 Å². The van der Waals surface area contributed by atoms with Crippen LogP contribution < -0.4 is 5.32 Å². The van der Waals surface area contributed by atoms with E-state index < -0.39 is 5.60 Å². The van der Waals surface area contributed by atoms with Crippen LogP contribution >= 0.6 is 0 Å². The number of carbonyl (C=O) groups excluding carboxylic acids is 1. The van der Waals surface area contributed by atoms with Crippen molar-refractivity contribution in [3.05, 3.63) is 0 Å². The Morgan fingerprint density at radius 2 is 1.90 bits per heavy atom. The molecule has 0 saturated carbocycles. The Morgan fingerprint density at radius 1 is 1.33 bits per heavy atom. The van der Waals surface area contributed by atoms with Gasteiger partial charge in [-0.2, -0.15) is 0 Å². The van der Waals surface area contributed by atoms with Crippen LogP contribution in [-0.4, -0.2) is 42.3 Å². The molecule has 0 spiro atoms. The lowest BCUT2D eigenvalue weighted by Gasteiger charge is -2.40. The standard InChI is InChI=1S/C17H34N2O2/c1-7-8-14(2)18-13-17(6)9-11-19(12-10-17)15(20)21-16(3,4)5/h14,18H,7-13H2,1-6H3. The molecule has 1 aliphatic heterocycles. The van der Waals surface area contributed by atoms with E-state index in [2.05, 4.69) is 26.1 Å². The summed E-state index contributed by atoms with van der Waals surface area (Å²) >= 11 is 0. The maximum Gasteiger partial charge on any atom is 0.410 e. The lowest BCUT2D eigenvalue weighted by atomic mass is 9.80. The van der Waals surface area contributed by atoms with Crippen LogP contribution in [0, 0.1) is 5.41 Å². The van der Waals surface area contributed by atoms with Gasteiger partial charge in [0.2, 0.25) is 0 Å². The van der Waals surface area contributed by atoms with Crippen molar-refractivity contribution in [2.45, 2.75) is 78.9 Å². The van der Waals surface area contributed by atoms with E-state index >= 15 is 0 Å². The first-order chi connectivity index (χ1) is 9.65. The number of carbonyl (C=O) groups is 1. The summed E-state index contributed by atoms with van der Waals surface area (Å²) in [6, 6.07) is 0.579. The molecule has 1 aliphatic rings. The first kappa shape index (κ1) is 18.3. The Balaban J connectivity index is 2.38. The minimum Gasteiger partial charge on any atom is -0.444 e. The van der Waals surface area contributed by atoms with Gasteiger partial charge < -0.3 is 15.0 Å². The lowest BCUT2D eigenvalue weighted by Crippen LogP contribution is -2.48. The van der Waals surface area contributed by atoms with Gasteiger partial charge in [-0.15, -0.1) is 0 Å². The predicted molar refractivity (Wildman–Crippen MR) is 87.5 cm³/mol. The second-order valence-corrected chi connectivity index (χ2v) is 7.85. The number of ether oxygens (including phenoxy) is 1. The summed E-state index contributed by atoms with van der Waals surface area (Å²) < 4.78 is 5.45. The van der Waals surface area contributed by atoms with E-state index in [-0.39, 0.29) is 6.09 Å². The Morgan fingerprint density at radius 3 is 2.38 bits per heavy atom. The van der Waals surface area contributed by atoms with E-state index in [0.29, 0.717) is 11.5 Å². The first-order valence-corrected chi connectivity index (χ1v) is 8.36. The van der Waals surface area contributed by atoms with E-state index in [0.717, 1.165) is 32.5 Å². The minimum absolute atomic E-state index is 0.170. The fraction of sp³-hybridized carbons (Fsp3) is 0.941. The van der Waals surface area contributed by atoms with Crippen LogP contribution in [0.3, 0.4) is 0 Å². The van der Waals surface area contributed by atoms with Gasteiger partial charge in [-0.05, 0) is 52.4 Å². The molecule has 0 aromatic carbocycles. The summed E-state index contributed by atoms with van der Waals surface area (Å²) in [6.07, 6.45) is 4.35. The van der Waals surface area contributed by atoms with Crippen LogP contribution in [0.2, 0.25) is 0 Å². The normalized spacial score (nSPS) is 20.2. The lowest BCUT2D eigenvalue weighted by molar-refractivity contribution is 0.0117. The third-order valence-corrected chi connectivity index (χ3v) is 4.22. The summed E-state index contributed by atoms with van der Waals surface area (Å²) in [7, 11) is 0. The minimum atomic E-state index is -0.408. The topological polar surface area (TPSA) is 41.6 Å². The Kier molecular flexibility index (Phi) is 6.51. The van der Waals surface area contributed by atoms with Crippen molar-refractivity contribution in [2.75, 3.05) is 19.6 Å². The van der Waals surface area contributed by atoms with E-state index in [1.165, 1.54) is 12.8 Å². The molecule has 1 heterocycles. The number of hydrogen-bond donors (Lipinski definition) is 1. The van der Waals surface area contributed by atoms with Crippen LogP contribution in [0.1, 0.15) is 67.2 Å². The second kappa shape index (κ2) is 7.48. The van der Waals surface area contributed by atoms with E-state index in [9.17, 15) is 4.79 Å². The van der Waals surface area contributed by atoms with Gasteiger partial charge in [0.1, 0.15) is 5.60 Å². The van der Waals surface area contributed by atoms with Gasteiger partial charge in [0, 0.05) is 25.7 Å². The molecule has 21 heavy (non-hydrogen) atoms.